The van der Waals surface area contributed by atoms with Crippen LogP contribution in [-0.4, -0.2) is 32.4 Å². The molecule has 2 N–H and O–H groups in total. The predicted molar refractivity (Wildman–Crippen MR) is 84.9 cm³/mol. The first-order valence-electron chi connectivity index (χ1n) is 6.10. The summed E-state index contributed by atoms with van der Waals surface area (Å²) in [5, 5.41) is 0. The highest BCUT2D eigenvalue weighted by Gasteiger charge is 2.31. The summed E-state index contributed by atoms with van der Waals surface area (Å²) < 4.78 is 28.1. The molecule has 0 aliphatic carbocycles. The lowest BCUT2D eigenvalue weighted by molar-refractivity contribution is 0.266. The quantitative estimate of drug-likeness (QED) is 0.796. The molecule has 0 unspecified atom stereocenters. The van der Waals surface area contributed by atoms with Crippen molar-refractivity contribution in [1.82, 2.24) is 4.31 Å². The number of nitrogens with two attached hydrogens (primary N) is 1. The molecule has 2 rings (SSSR count). The molecular weight excluding hydrogens is 416 g/mol. The largest absolute Gasteiger partial charge is 0.330 e. The lowest BCUT2D eigenvalue weighted by atomic mass is 9.95. The number of hydrogen-bond donors (Lipinski definition) is 1. The minimum Gasteiger partial charge on any atom is -0.330 e. The first kappa shape index (κ1) is 15.9. The van der Waals surface area contributed by atoms with Gasteiger partial charge in [0, 0.05) is 13.1 Å². The zero-order valence-corrected chi connectivity index (χ0v) is 15.1. The number of hydrogen-bond acceptors (Lipinski definition) is 4. The summed E-state index contributed by atoms with van der Waals surface area (Å²) >= 11 is 8.02. The minimum absolute atomic E-state index is 0.363. The Labute approximate surface area is 134 Å². The fourth-order valence-electron chi connectivity index (χ4n) is 2.31. The molecule has 0 bridgehead atoms. The molecule has 0 amide bonds. The van der Waals surface area contributed by atoms with Gasteiger partial charge in [-0.15, -0.1) is 11.3 Å². The molecule has 0 radical (unpaired) electrons. The lowest BCUT2D eigenvalue weighted by Gasteiger charge is -2.30. The number of piperidine rings is 1. The highest BCUT2D eigenvalue weighted by Crippen LogP contribution is 2.37. The molecule has 0 aromatic carbocycles. The monoisotopic (exact) mass is 430 g/mol. The molecular formula is C11H16Br2N2O2S2. The van der Waals surface area contributed by atoms with Gasteiger partial charge in [0.15, 0.2) is 0 Å². The van der Waals surface area contributed by atoms with E-state index in [4.69, 9.17) is 5.73 Å². The molecule has 2 heterocycles. The van der Waals surface area contributed by atoms with Crippen molar-refractivity contribution in [2.45, 2.75) is 24.2 Å². The Kier molecular flexibility index (Phi) is 5.47. The molecule has 8 heteroatoms. The highest BCUT2D eigenvalue weighted by molar-refractivity contribution is 9.12. The molecule has 1 aliphatic rings. The second-order valence-electron chi connectivity index (χ2n) is 4.61. The van der Waals surface area contributed by atoms with Crippen LogP contribution >= 0.6 is 43.2 Å². The lowest BCUT2D eigenvalue weighted by Crippen LogP contribution is -2.38. The molecule has 108 valence electrons. The van der Waals surface area contributed by atoms with Crippen LogP contribution in [0.1, 0.15) is 19.3 Å². The summed E-state index contributed by atoms with van der Waals surface area (Å²) in [5.74, 6) is 0.564. The Balaban J connectivity index is 2.12. The van der Waals surface area contributed by atoms with Crippen LogP contribution in [-0.2, 0) is 10.0 Å². The van der Waals surface area contributed by atoms with E-state index in [0.717, 1.165) is 23.0 Å². The third kappa shape index (κ3) is 3.59. The van der Waals surface area contributed by atoms with E-state index < -0.39 is 10.0 Å². The van der Waals surface area contributed by atoms with Crippen molar-refractivity contribution in [3.8, 4) is 0 Å². The third-order valence-electron chi connectivity index (χ3n) is 3.39. The summed E-state index contributed by atoms with van der Waals surface area (Å²) in [5.41, 5.74) is 5.55. The van der Waals surface area contributed by atoms with Gasteiger partial charge in [-0.2, -0.15) is 4.31 Å². The molecule has 1 fully saturated rings. The molecule has 4 nitrogen and oxygen atoms in total. The first-order valence-corrected chi connectivity index (χ1v) is 9.94. The van der Waals surface area contributed by atoms with E-state index in [-0.39, 0.29) is 0 Å². The SMILES string of the molecule is NCCC1CCN(S(=O)(=O)c2cc(Br)sc2Br)CC1. The van der Waals surface area contributed by atoms with Crippen molar-refractivity contribution < 1.29 is 8.42 Å². The van der Waals surface area contributed by atoms with Crippen LogP contribution < -0.4 is 5.73 Å². The highest BCUT2D eigenvalue weighted by atomic mass is 79.9. The van der Waals surface area contributed by atoms with Crippen molar-refractivity contribution in [2.24, 2.45) is 11.7 Å². The maximum atomic E-state index is 12.5. The Hall–Kier alpha value is 0.530. The molecule has 19 heavy (non-hydrogen) atoms. The van der Waals surface area contributed by atoms with Crippen LogP contribution in [0.5, 0.6) is 0 Å². The van der Waals surface area contributed by atoms with Crippen LogP contribution in [0.3, 0.4) is 0 Å². The Morgan fingerprint density at radius 2 is 2.00 bits per heavy atom. The van der Waals surface area contributed by atoms with Crippen molar-refractivity contribution in [3.63, 3.8) is 0 Å². The van der Waals surface area contributed by atoms with Crippen LogP contribution in [0.2, 0.25) is 0 Å². The van der Waals surface area contributed by atoms with Gasteiger partial charge in [-0.3, -0.25) is 0 Å². The fraction of sp³-hybridized carbons (Fsp3) is 0.636. The van der Waals surface area contributed by atoms with Gasteiger partial charge >= 0.3 is 0 Å². The maximum Gasteiger partial charge on any atom is 0.245 e. The maximum absolute atomic E-state index is 12.5. The molecule has 0 saturated carbocycles. The third-order valence-corrected chi connectivity index (χ3v) is 8.05. The average molecular weight is 432 g/mol. The number of thiophene rings is 1. The summed E-state index contributed by atoms with van der Waals surface area (Å²) in [4.78, 5) is 0.363. The number of nitrogens with zero attached hydrogens (tertiary/aromatic N) is 1. The Morgan fingerprint density at radius 3 is 2.47 bits per heavy atom. The molecule has 0 atom stereocenters. The van der Waals surface area contributed by atoms with Crippen molar-refractivity contribution >= 4 is 53.2 Å². The van der Waals surface area contributed by atoms with E-state index in [1.165, 1.54) is 11.3 Å². The van der Waals surface area contributed by atoms with E-state index in [9.17, 15) is 8.42 Å². The van der Waals surface area contributed by atoms with E-state index in [1.54, 1.807) is 10.4 Å². The van der Waals surface area contributed by atoms with Gasteiger partial charge in [0.25, 0.3) is 0 Å². The smallest absolute Gasteiger partial charge is 0.245 e. The van der Waals surface area contributed by atoms with Crippen LogP contribution in [0.15, 0.2) is 18.5 Å². The average Bonchev–Trinajstić information content (AvgIpc) is 2.70. The van der Waals surface area contributed by atoms with Crippen LogP contribution in [0.25, 0.3) is 0 Å². The van der Waals surface area contributed by atoms with E-state index in [2.05, 4.69) is 31.9 Å². The van der Waals surface area contributed by atoms with Crippen molar-refractivity contribution in [1.29, 1.82) is 0 Å². The van der Waals surface area contributed by atoms with Gasteiger partial charge in [0.05, 0.1) is 7.57 Å². The summed E-state index contributed by atoms with van der Waals surface area (Å²) in [7, 11) is -3.37. The van der Waals surface area contributed by atoms with Gasteiger partial charge in [0.2, 0.25) is 10.0 Å². The standard InChI is InChI=1S/C11H16Br2N2O2S2/c12-10-7-9(11(13)18-10)19(16,17)15-5-2-8(1-4-14)3-6-15/h7-8H,1-6,14H2. The number of sulfonamides is 1. The second-order valence-corrected chi connectivity index (χ2v) is 10.3. The molecule has 1 aliphatic heterocycles. The zero-order chi connectivity index (χ0) is 14.0. The van der Waals surface area contributed by atoms with Gasteiger partial charge in [0.1, 0.15) is 4.90 Å². The van der Waals surface area contributed by atoms with Crippen LogP contribution in [0.4, 0.5) is 0 Å². The van der Waals surface area contributed by atoms with E-state index >= 15 is 0 Å². The van der Waals surface area contributed by atoms with Gasteiger partial charge in [-0.05, 0) is 69.7 Å². The number of rotatable bonds is 4. The zero-order valence-electron chi connectivity index (χ0n) is 10.3. The van der Waals surface area contributed by atoms with Gasteiger partial charge in [-0.1, -0.05) is 0 Å². The molecule has 1 saturated heterocycles. The summed E-state index contributed by atoms with van der Waals surface area (Å²) in [6, 6.07) is 1.66. The summed E-state index contributed by atoms with van der Waals surface area (Å²) in [6.07, 6.45) is 2.79. The topological polar surface area (TPSA) is 63.4 Å². The summed E-state index contributed by atoms with van der Waals surface area (Å²) in [6.45, 7) is 1.86. The molecule has 1 aromatic heterocycles. The van der Waals surface area contributed by atoms with Crippen molar-refractivity contribution in [3.05, 3.63) is 13.6 Å². The van der Waals surface area contributed by atoms with E-state index in [1.807, 2.05) is 0 Å². The van der Waals surface area contributed by atoms with Gasteiger partial charge in [-0.25, -0.2) is 8.42 Å². The normalized spacial score (nSPS) is 18.9. The first-order chi connectivity index (χ1) is 8.95. The predicted octanol–water partition coefficient (Wildman–Crippen LogP) is 3.02. The van der Waals surface area contributed by atoms with Crippen LogP contribution in [0, 0.1) is 5.92 Å². The van der Waals surface area contributed by atoms with Gasteiger partial charge < -0.3 is 5.73 Å². The molecule has 1 aromatic rings. The fourth-order valence-corrected chi connectivity index (χ4v) is 7.55. The molecule has 0 spiro atoms. The minimum atomic E-state index is -3.37. The second kappa shape index (κ2) is 6.53. The van der Waals surface area contributed by atoms with E-state index in [0.29, 0.717) is 34.2 Å². The Bertz CT molecular complexity index is 537. The number of halogens is 2. The van der Waals surface area contributed by atoms with Crippen molar-refractivity contribution in [2.75, 3.05) is 19.6 Å². The Morgan fingerprint density at radius 1 is 1.37 bits per heavy atom.